The van der Waals surface area contributed by atoms with Gasteiger partial charge < -0.3 is 10.2 Å². The number of nitrogens with one attached hydrogen (secondary N) is 1. The van der Waals surface area contributed by atoms with Crippen LogP contribution in [0.2, 0.25) is 0 Å². The molecule has 1 rings (SSSR count). The van der Waals surface area contributed by atoms with Gasteiger partial charge in [-0.1, -0.05) is 45.4 Å². The number of amides is 1. The van der Waals surface area contributed by atoms with Crippen molar-refractivity contribution in [3.63, 3.8) is 0 Å². The normalized spacial score (nSPS) is 19.4. The zero-order valence-electron chi connectivity index (χ0n) is 12.9. The standard InChI is InChI=1S/C16H32N2O/c1-3-4-5-6-7-8-9-12-16(19)18(2)15-11-10-13-17-14-15/h15,17H,3-14H2,1-2H3. The highest BCUT2D eigenvalue weighted by Gasteiger charge is 2.21. The summed E-state index contributed by atoms with van der Waals surface area (Å²) in [5.74, 6) is 0.335. The van der Waals surface area contributed by atoms with Crippen molar-refractivity contribution in [3.8, 4) is 0 Å². The number of unbranched alkanes of at least 4 members (excludes halogenated alkanes) is 6. The topological polar surface area (TPSA) is 32.3 Å². The first-order valence-corrected chi connectivity index (χ1v) is 8.22. The number of piperidine rings is 1. The second kappa shape index (κ2) is 10.2. The number of hydrogen-bond donors (Lipinski definition) is 1. The van der Waals surface area contributed by atoms with Gasteiger partial charge in [0.25, 0.3) is 0 Å². The van der Waals surface area contributed by atoms with E-state index in [0.717, 1.165) is 32.4 Å². The van der Waals surface area contributed by atoms with Crippen LogP contribution in [-0.2, 0) is 4.79 Å². The molecule has 0 saturated carbocycles. The highest BCUT2D eigenvalue weighted by Crippen LogP contribution is 2.12. The van der Waals surface area contributed by atoms with Gasteiger partial charge >= 0.3 is 0 Å². The van der Waals surface area contributed by atoms with Gasteiger partial charge in [-0.15, -0.1) is 0 Å². The minimum Gasteiger partial charge on any atom is -0.342 e. The van der Waals surface area contributed by atoms with E-state index in [9.17, 15) is 4.79 Å². The molecule has 0 spiro atoms. The summed E-state index contributed by atoms with van der Waals surface area (Å²) in [5, 5.41) is 3.37. The fourth-order valence-electron chi connectivity index (χ4n) is 2.78. The Morgan fingerprint density at radius 3 is 2.47 bits per heavy atom. The fraction of sp³-hybridized carbons (Fsp3) is 0.938. The largest absolute Gasteiger partial charge is 0.342 e. The molecule has 3 heteroatoms. The Kier molecular flexibility index (Phi) is 8.89. The number of hydrogen-bond acceptors (Lipinski definition) is 2. The molecule has 0 aromatic carbocycles. The third-order valence-corrected chi connectivity index (χ3v) is 4.21. The molecule has 1 aliphatic heterocycles. The van der Waals surface area contributed by atoms with Crippen LogP contribution in [0.15, 0.2) is 0 Å². The number of likely N-dealkylation sites (N-methyl/N-ethyl adjacent to an activating group) is 1. The number of carbonyl (C=O) groups is 1. The Morgan fingerprint density at radius 1 is 1.16 bits per heavy atom. The first kappa shape index (κ1) is 16.5. The van der Waals surface area contributed by atoms with Crippen LogP contribution in [0, 0.1) is 0 Å². The molecule has 1 aliphatic rings. The SMILES string of the molecule is CCCCCCCCCC(=O)N(C)C1CCCNC1. The van der Waals surface area contributed by atoms with E-state index in [1.165, 1.54) is 44.9 Å². The summed E-state index contributed by atoms with van der Waals surface area (Å²) < 4.78 is 0. The van der Waals surface area contributed by atoms with E-state index >= 15 is 0 Å². The quantitative estimate of drug-likeness (QED) is 0.651. The van der Waals surface area contributed by atoms with Gasteiger partial charge in [0.1, 0.15) is 0 Å². The minimum absolute atomic E-state index is 0.335. The Balaban J connectivity index is 2.03. The van der Waals surface area contributed by atoms with Crippen LogP contribution in [0.5, 0.6) is 0 Å². The summed E-state index contributed by atoms with van der Waals surface area (Å²) in [5.41, 5.74) is 0. The van der Waals surface area contributed by atoms with Crippen molar-refractivity contribution in [1.82, 2.24) is 10.2 Å². The van der Waals surface area contributed by atoms with Crippen LogP contribution >= 0.6 is 0 Å². The van der Waals surface area contributed by atoms with E-state index in [0.29, 0.717) is 11.9 Å². The van der Waals surface area contributed by atoms with Crippen LogP contribution in [0.1, 0.15) is 71.1 Å². The van der Waals surface area contributed by atoms with Crippen molar-refractivity contribution in [3.05, 3.63) is 0 Å². The van der Waals surface area contributed by atoms with E-state index in [1.54, 1.807) is 0 Å². The Morgan fingerprint density at radius 2 is 1.84 bits per heavy atom. The predicted octanol–water partition coefficient (Wildman–Crippen LogP) is 3.34. The Bertz CT molecular complexity index is 237. The van der Waals surface area contributed by atoms with Crippen molar-refractivity contribution in [1.29, 1.82) is 0 Å². The van der Waals surface area contributed by atoms with Crippen molar-refractivity contribution < 1.29 is 4.79 Å². The molecule has 19 heavy (non-hydrogen) atoms. The zero-order chi connectivity index (χ0) is 13.9. The van der Waals surface area contributed by atoms with Gasteiger partial charge in [-0.3, -0.25) is 4.79 Å². The van der Waals surface area contributed by atoms with Gasteiger partial charge in [0, 0.05) is 26.1 Å². The van der Waals surface area contributed by atoms with Crippen LogP contribution in [0.3, 0.4) is 0 Å². The highest BCUT2D eigenvalue weighted by atomic mass is 16.2. The third kappa shape index (κ3) is 6.95. The van der Waals surface area contributed by atoms with Crippen molar-refractivity contribution in [2.24, 2.45) is 0 Å². The highest BCUT2D eigenvalue weighted by molar-refractivity contribution is 5.76. The number of carbonyl (C=O) groups excluding carboxylic acids is 1. The molecule has 112 valence electrons. The average molecular weight is 268 g/mol. The monoisotopic (exact) mass is 268 g/mol. The average Bonchev–Trinajstić information content (AvgIpc) is 2.46. The van der Waals surface area contributed by atoms with Gasteiger partial charge in [0.05, 0.1) is 0 Å². The van der Waals surface area contributed by atoms with Crippen LogP contribution in [0.25, 0.3) is 0 Å². The summed E-state index contributed by atoms with van der Waals surface area (Å²) in [6, 6.07) is 0.422. The van der Waals surface area contributed by atoms with Gasteiger partial charge in [-0.25, -0.2) is 0 Å². The molecular formula is C16H32N2O. The van der Waals surface area contributed by atoms with Gasteiger partial charge in [0.2, 0.25) is 5.91 Å². The van der Waals surface area contributed by atoms with E-state index in [2.05, 4.69) is 12.2 Å². The maximum absolute atomic E-state index is 12.1. The van der Waals surface area contributed by atoms with Crippen LogP contribution < -0.4 is 5.32 Å². The first-order chi connectivity index (χ1) is 9.25. The van der Waals surface area contributed by atoms with E-state index in [-0.39, 0.29) is 0 Å². The zero-order valence-corrected chi connectivity index (χ0v) is 12.9. The maximum atomic E-state index is 12.1. The van der Waals surface area contributed by atoms with E-state index in [1.807, 2.05) is 11.9 Å². The first-order valence-electron chi connectivity index (χ1n) is 8.22. The lowest BCUT2D eigenvalue weighted by atomic mass is 10.0. The predicted molar refractivity (Wildman–Crippen MR) is 81.3 cm³/mol. The molecule has 0 radical (unpaired) electrons. The van der Waals surface area contributed by atoms with E-state index < -0.39 is 0 Å². The molecule has 3 nitrogen and oxygen atoms in total. The molecule has 0 aliphatic carbocycles. The molecule has 1 atom stereocenters. The smallest absolute Gasteiger partial charge is 0.222 e. The van der Waals surface area contributed by atoms with E-state index in [4.69, 9.17) is 0 Å². The summed E-state index contributed by atoms with van der Waals surface area (Å²) in [6.45, 7) is 4.32. The summed E-state index contributed by atoms with van der Waals surface area (Å²) in [4.78, 5) is 14.1. The molecule has 1 fully saturated rings. The molecular weight excluding hydrogens is 236 g/mol. The molecule has 1 unspecified atom stereocenters. The molecule has 1 N–H and O–H groups in total. The lowest BCUT2D eigenvalue weighted by Crippen LogP contribution is -2.46. The molecule has 0 aromatic heterocycles. The lowest BCUT2D eigenvalue weighted by Gasteiger charge is -2.31. The molecule has 1 amide bonds. The van der Waals surface area contributed by atoms with Crippen LogP contribution in [0.4, 0.5) is 0 Å². The summed E-state index contributed by atoms with van der Waals surface area (Å²) in [7, 11) is 1.97. The van der Waals surface area contributed by atoms with Crippen molar-refractivity contribution >= 4 is 5.91 Å². The fourth-order valence-corrected chi connectivity index (χ4v) is 2.78. The molecule has 0 bridgehead atoms. The second-order valence-corrected chi connectivity index (χ2v) is 5.88. The van der Waals surface area contributed by atoms with Gasteiger partial charge in [-0.2, -0.15) is 0 Å². The van der Waals surface area contributed by atoms with Crippen LogP contribution in [-0.4, -0.2) is 37.0 Å². The summed E-state index contributed by atoms with van der Waals surface area (Å²) >= 11 is 0. The minimum atomic E-state index is 0.335. The number of nitrogens with zero attached hydrogens (tertiary/aromatic N) is 1. The van der Waals surface area contributed by atoms with Gasteiger partial charge in [-0.05, 0) is 25.8 Å². The summed E-state index contributed by atoms with van der Waals surface area (Å²) in [6.07, 6.45) is 12.0. The number of rotatable bonds is 9. The van der Waals surface area contributed by atoms with Crippen molar-refractivity contribution in [2.45, 2.75) is 77.2 Å². The van der Waals surface area contributed by atoms with Crippen molar-refractivity contribution in [2.75, 3.05) is 20.1 Å². The maximum Gasteiger partial charge on any atom is 0.222 e. The van der Waals surface area contributed by atoms with Gasteiger partial charge in [0.15, 0.2) is 0 Å². The molecule has 1 heterocycles. The Hall–Kier alpha value is -0.570. The molecule has 1 saturated heterocycles. The Labute approximate surface area is 119 Å². The third-order valence-electron chi connectivity index (χ3n) is 4.21. The lowest BCUT2D eigenvalue weighted by molar-refractivity contribution is -0.132. The second-order valence-electron chi connectivity index (χ2n) is 5.88. The molecule has 0 aromatic rings.